The summed E-state index contributed by atoms with van der Waals surface area (Å²) in [5.74, 6) is 0.790. The van der Waals surface area contributed by atoms with E-state index in [2.05, 4.69) is 33.9 Å². The molecule has 0 spiro atoms. The number of rotatable bonds is 5. The highest BCUT2D eigenvalue weighted by Crippen LogP contribution is 2.38. The van der Waals surface area contributed by atoms with E-state index in [4.69, 9.17) is 11.6 Å². The molecule has 1 aliphatic heterocycles. The number of nitrogens with one attached hydrogen (secondary N) is 2. The van der Waals surface area contributed by atoms with E-state index < -0.39 is 5.25 Å². The molecule has 30 heavy (non-hydrogen) atoms. The van der Waals surface area contributed by atoms with Gasteiger partial charge >= 0.3 is 0 Å². The van der Waals surface area contributed by atoms with Gasteiger partial charge in [-0.05, 0) is 49.6 Å². The lowest BCUT2D eigenvalue weighted by atomic mass is 10.0. The van der Waals surface area contributed by atoms with Crippen molar-refractivity contribution in [3.05, 3.63) is 70.0 Å². The average Bonchev–Trinajstić information content (AvgIpc) is 3.12. The topological polar surface area (TPSA) is 71.8 Å². The number of benzene rings is 2. The summed E-state index contributed by atoms with van der Waals surface area (Å²) >= 11 is 7.52. The Kier molecular flexibility index (Phi) is 6.01. The quantitative estimate of drug-likeness (QED) is 0.589. The summed E-state index contributed by atoms with van der Waals surface area (Å²) in [5, 5.41) is 12.6. The first kappa shape index (κ1) is 20.8. The normalized spacial score (nSPS) is 17.9. The molecule has 6 nitrogen and oxygen atoms in total. The number of hydrogen-bond donors (Lipinski definition) is 2. The summed E-state index contributed by atoms with van der Waals surface area (Å²) in [6, 6.07) is 13.3. The van der Waals surface area contributed by atoms with Crippen LogP contribution in [-0.4, -0.2) is 26.0 Å². The van der Waals surface area contributed by atoms with Gasteiger partial charge in [0.25, 0.3) is 0 Å². The number of halogens is 1. The number of amides is 1. The Bertz CT molecular complexity index is 1070. The second kappa shape index (κ2) is 8.70. The van der Waals surface area contributed by atoms with Crippen molar-refractivity contribution in [2.45, 2.75) is 50.1 Å². The van der Waals surface area contributed by atoms with Gasteiger partial charge in [-0.1, -0.05) is 60.1 Å². The van der Waals surface area contributed by atoms with Crippen LogP contribution in [-0.2, 0) is 11.2 Å². The summed E-state index contributed by atoms with van der Waals surface area (Å²) in [6.07, 6.45) is 1.78. The van der Waals surface area contributed by atoms with Gasteiger partial charge in [-0.2, -0.15) is 0 Å². The van der Waals surface area contributed by atoms with E-state index in [0.717, 1.165) is 41.0 Å². The van der Waals surface area contributed by atoms with Crippen molar-refractivity contribution in [1.82, 2.24) is 14.9 Å². The third-order valence-electron chi connectivity index (χ3n) is 5.10. The van der Waals surface area contributed by atoms with Crippen LogP contribution in [0.5, 0.6) is 0 Å². The van der Waals surface area contributed by atoms with Gasteiger partial charge in [0.2, 0.25) is 11.1 Å². The van der Waals surface area contributed by atoms with Gasteiger partial charge in [-0.3, -0.25) is 4.79 Å². The summed E-state index contributed by atoms with van der Waals surface area (Å²) in [7, 11) is 0. The highest BCUT2D eigenvalue weighted by molar-refractivity contribution is 8.00. The molecule has 2 unspecified atom stereocenters. The summed E-state index contributed by atoms with van der Waals surface area (Å²) < 4.78 is 1.91. The molecule has 0 radical (unpaired) electrons. The molecular weight excluding hydrogens is 418 g/mol. The zero-order valence-corrected chi connectivity index (χ0v) is 18.7. The molecule has 8 heteroatoms. The fraction of sp³-hybridized carbons (Fsp3) is 0.318. The minimum Gasteiger partial charge on any atom is -0.325 e. The lowest BCUT2D eigenvalue weighted by Crippen LogP contribution is -2.41. The van der Waals surface area contributed by atoms with Crippen molar-refractivity contribution in [1.29, 1.82) is 0 Å². The van der Waals surface area contributed by atoms with Gasteiger partial charge in [0.1, 0.15) is 5.25 Å². The number of hydrogen-bond acceptors (Lipinski definition) is 5. The summed E-state index contributed by atoms with van der Waals surface area (Å²) in [6.45, 7) is 6.14. The van der Waals surface area contributed by atoms with Crippen molar-refractivity contribution in [2.75, 3.05) is 10.7 Å². The van der Waals surface area contributed by atoms with Crippen molar-refractivity contribution < 1.29 is 4.79 Å². The zero-order valence-electron chi connectivity index (χ0n) is 17.1. The number of thioether (sulfide) groups is 1. The Balaban J connectivity index is 1.67. The number of carbonyl (C=O) groups excluding carboxylic acids is 1. The Morgan fingerprint density at radius 3 is 2.67 bits per heavy atom. The summed E-state index contributed by atoms with van der Waals surface area (Å²) in [5.41, 5.74) is 7.47. The molecule has 0 bridgehead atoms. The maximum atomic E-state index is 13.3. The number of carbonyl (C=O) groups is 1. The largest absolute Gasteiger partial charge is 0.325 e. The maximum Gasteiger partial charge on any atom is 0.240 e. The minimum absolute atomic E-state index is 0.0781. The standard InChI is InChI=1S/C22H24ClN5OS/c1-4-5-18-25-26-22-28(18)27-19(15-7-9-16(23)10-8-15)20(30-22)21(29)24-17-11-6-13(2)12-14(17)3/h6-12,19-20,27H,4-5H2,1-3H3,(H,24,29). The predicted molar refractivity (Wildman–Crippen MR) is 122 cm³/mol. The molecule has 2 aromatic carbocycles. The van der Waals surface area contributed by atoms with Crippen molar-refractivity contribution in [3.63, 3.8) is 0 Å². The van der Waals surface area contributed by atoms with Crippen LogP contribution in [0.3, 0.4) is 0 Å². The lowest BCUT2D eigenvalue weighted by molar-refractivity contribution is -0.116. The SMILES string of the molecule is CCCc1nnc2n1NC(c1ccc(Cl)cc1)C(C(=O)Nc1ccc(C)cc1C)S2. The lowest BCUT2D eigenvalue weighted by Gasteiger charge is -2.33. The Morgan fingerprint density at radius 1 is 1.20 bits per heavy atom. The van der Waals surface area contributed by atoms with E-state index >= 15 is 0 Å². The molecule has 156 valence electrons. The van der Waals surface area contributed by atoms with Crippen LogP contribution in [0.1, 0.15) is 41.9 Å². The number of fused-ring (bicyclic) bond motifs is 1. The third-order valence-corrected chi connectivity index (χ3v) is 6.57. The summed E-state index contributed by atoms with van der Waals surface area (Å²) in [4.78, 5) is 13.3. The maximum absolute atomic E-state index is 13.3. The van der Waals surface area contributed by atoms with Crippen LogP contribution in [0.15, 0.2) is 47.6 Å². The van der Waals surface area contributed by atoms with E-state index in [1.54, 1.807) is 0 Å². The van der Waals surface area contributed by atoms with Gasteiger partial charge < -0.3 is 10.7 Å². The Hall–Kier alpha value is -2.51. The van der Waals surface area contributed by atoms with Crippen molar-refractivity contribution in [2.24, 2.45) is 0 Å². The highest BCUT2D eigenvalue weighted by Gasteiger charge is 2.37. The van der Waals surface area contributed by atoms with Crippen LogP contribution >= 0.6 is 23.4 Å². The van der Waals surface area contributed by atoms with E-state index in [1.807, 2.05) is 54.9 Å². The van der Waals surface area contributed by atoms with Crippen LogP contribution < -0.4 is 10.7 Å². The number of anilines is 1. The molecule has 0 saturated carbocycles. The van der Waals surface area contributed by atoms with E-state index in [-0.39, 0.29) is 11.9 Å². The average molecular weight is 442 g/mol. The van der Waals surface area contributed by atoms with Gasteiger partial charge in [0.15, 0.2) is 5.82 Å². The first-order valence-corrected chi connectivity index (χ1v) is 11.2. The van der Waals surface area contributed by atoms with Crippen LogP contribution in [0.4, 0.5) is 5.69 Å². The molecule has 1 aliphatic rings. The molecule has 1 amide bonds. The van der Waals surface area contributed by atoms with Crippen LogP contribution in [0.2, 0.25) is 5.02 Å². The zero-order chi connectivity index (χ0) is 21.3. The van der Waals surface area contributed by atoms with E-state index in [9.17, 15) is 4.79 Å². The molecule has 3 aromatic rings. The number of aromatic nitrogens is 3. The molecule has 4 rings (SSSR count). The first-order chi connectivity index (χ1) is 14.5. The van der Waals surface area contributed by atoms with Crippen molar-refractivity contribution >= 4 is 35.0 Å². The molecule has 0 saturated heterocycles. The minimum atomic E-state index is -0.418. The van der Waals surface area contributed by atoms with Crippen molar-refractivity contribution in [3.8, 4) is 0 Å². The molecule has 2 atom stereocenters. The third kappa shape index (κ3) is 4.18. The predicted octanol–water partition coefficient (Wildman–Crippen LogP) is 4.90. The first-order valence-electron chi connectivity index (χ1n) is 9.97. The fourth-order valence-corrected chi connectivity index (χ4v) is 4.79. The molecule has 2 heterocycles. The molecule has 1 aromatic heterocycles. The number of nitrogens with zero attached hydrogens (tertiary/aromatic N) is 3. The highest BCUT2D eigenvalue weighted by atomic mass is 35.5. The smallest absolute Gasteiger partial charge is 0.240 e. The van der Waals surface area contributed by atoms with Gasteiger partial charge in [0.05, 0.1) is 6.04 Å². The number of aryl methyl sites for hydroxylation is 3. The Labute approximate surface area is 185 Å². The van der Waals surface area contributed by atoms with Crippen LogP contribution in [0, 0.1) is 13.8 Å². The molecule has 2 N–H and O–H groups in total. The molecule has 0 aliphatic carbocycles. The molecule has 0 fully saturated rings. The second-order valence-electron chi connectivity index (χ2n) is 7.49. The van der Waals surface area contributed by atoms with Gasteiger partial charge in [-0.15, -0.1) is 10.2 Å². The fourth-order valence-electron chi connectivity index (χ4n) is 3.56. The monoisotopic (exact) mass is 441 g/mol. The second-order valence-corrected chi connectivity index (χ2v) is 9.03. The van der Waals surface area contributed by atoms with E-state index in [0.29, 0.717) is 10.2 Å². The Morgan fingerprint density at radius 2 is 1.97 bits per heavy atom. The van der Waals surface area contributed by atoms with Gasteiger partial charge in [0, 0.05) is 17.1 Å². The van der Waals surface area contributed by atoms with Gasteiger partial charge in [-0.25, -0.2) is 4.68 Å². The molecular formula is C22H24ClN5OS. The van der Waals surface area contributed by atoms with E-state index in [1.165, 1.54) is 11.8 Å². The van der Waals surface area contributed by atoms with Crippen LogP contribution in [0.25, 0.3) is 0 Å².